The lowest BCUT2D eigenvalue weighted by atomic mass is 9.89. The first-order valence-electron chi connectivity index (χ1n) is 6.95. The van der Waals surface area contributed by atoms with Crippen molar-refractivity contribution in [1.29, 1.82) is 0 Å². The predicted octanol–water partition coefficient (Wildman–Crippen LogP) is 1.77. The molecule has 21 heavy (non-hydrogen) atoms. The second-order valence-corrected chi connectivity index (χ2v) is 6.36. The minimum atomic E-state index is -0.751. The molecule has 116 valence electrons. The second-order valence-electron chi connectivity index (χ2n) is 6.36. The van der Waals surface area contributed by atoms with Crippen molar-refractivity contribution in [2.45, 2.75) is 40.7 Å². The number of carbonyl (C=O) groups excluding carboxylic acids is 2. The molecular weight excluding hydrogens is 268 g/mol. The Kier molecular flexibility index (Phi) is 5.49. The van der Waals surface area contributed by atoms with Gasteiger partial charge in [-0.1, -0.05) is 32.9 Å². The first-order chi connectivity index (χ1) is 9.61. The lowest BCUT2D eigenvalue weighted by Crippen LogP contribution is -2.43. The molecule has 0 aliphatic heterocycles. The van der Waals surface area contributed by atoms with E-state index in [2.05, 4.69) is 10.6 Å². The maximum absolute atomic E-state index is 11.8. The van der Waals surface area contributed by atoms with E-state index in [0.717, 1.165) is 11.1 Å². The lowest BCUT2D eigenvalue weighted by Gasteiger charge is -2.25. The summed E-state index contributed by atoms with van der Waals surface area (Å²) in [5.41, 5.74) is 2.15. The van der Waals surface area contributed by atoms with Gasteiger partial charge in [-0.25, -0.2) is 0 Å². The number of hydrogen-bond acceptors (Lipinski definition) is 3. The molecule has 0 fully saturated rings. The van der Waals surface area contributed by atoms with Crippen LogP contribution in [-0.4, -0.2) is 29.6 Å². The van der Waals surface area contributed by atoms with Crippen LogP contribution in [0.25, 0.3) is 0 Å². The van der Waals surface area contributed by atoms with Crippen LogP contribution < -0.4 is 10.6 Å². The van der Waals surface area contributed by atoms with E-state index in [-0.39, 0.29) is 12.0 Å². The molecule has 5 nitrogen and oxygen atoms in total. The minimum Gasteiger partial charge on any atom is -0.391 e. The highest BCUT2D eigenvalue weighted by Gasteiger charge is 2.24. The molecule has 1 rings (SSSR count). The molecule has 5 heteroatoms. The van der Waals surface area contributed by atoms with Crippen molar-refractivity contribution < 1.29 is 14.7 Å². The SMILES string of the molecule is Cc1ccc(C)c(NC(=O)C(=O)NC[C@@H](O)C(C)(C)C)c1. The summed E-state index contributed by atoms with van der Waals surface area (Å²) in [5.74, 6) is -1.48. The minimum absolute atomic E-state index is 0.0442. The van der Waals surface area contributed by atoms with Crippen LogP contribution in [0.1, 0.15) is 31.9 Å². The van der Waals surface area contributed by atoms with Gasteiger partial charge in [0.15, 0.2) is 0 Å². The molecule has 0 saturated carbocycles. The third-order valence-corrected chi connectivity index (χ3v) is 3.30. The first kappa shape index (κ1) is 17.2. The zero-order chi connectivity index (χ0) is 16.2. The van der Waals surface area contributed by atoms with Crippen LogP contribution >= 0.6 is 0 Å². The van der Waals surface area contributed by atoms with Crippen LogP contribution in [-0.2, 0) is 9.59 Å². The molecule has 0 radical (unpaired) electrons. The standard InChI is InChI=1S/C16H24N2O3/c1-10-6-7-11(2)12(8-10)18-15(21)14(20)17-9-13(19)16(3,4)5/h6-8,13,19H,9H2,1-5H3,(H,17,20)(H,18,21)/t13-/m1/s1. The molecule has 1 atom stereocenters. The van der Waals surface area contributed by atoms with E-state index < -0.39 is 17.9 Å². The Hall–Kier alpha value is -1.88. The fourth-order valence-electron chi connectivity index (χ4n) is 1.63. The number of aryl methyl sites for hydroxylation is 2. The molecule has 0 saturated heterocycles. The molecular formula is C16H24N2O3. The number of amides is 2. The number of hydrogen-bond donors (Lipinski definition) is 3. The number of benzene rings is 1. The van der Waals surface area contributed by atoms with Gasteiger partial charge in [0.25, 0.3) is 0 Å². The van der Waals surface area contributed by atoms with Crippen LogP contribution in [0.4, 0.5) is 5.69 Å². The average Bonchev–Trinajstić information content (AvgIpc) is 2.38. The Balaban J connectivity index is 2.60. The molecule has 0 unspecified atom stereocenters. The van der Waals surface area contributed by atoms with Gasteiger partial charge in [-0.15, -0.1) is 0 Å². The number of aliphatic hydroxyl groups excluding tert-OH is 1. The summed E-state index contributed by atoms with van der Waals surface area (Å²) in [5, 5.41) is 14.9. The normalized spacial score (nSPS) is 12.7. The Morgan fingerprint density at radius 3 is 2.38 bits per heavy atom. The summed E-state index contributed by atoms with van der Waals surface area (Å²) >= 11 is 0. The number of nitrogens with one attached hydrogen (secondary N) is 2. The van der Waals surface area contributed by atoms with Crippen molar-refractivity contribution in [3.05, 3.63) is 29.3 Å². The van der Waals surface area contributed by atoms with Crippen molar-refractivity contribution in [2.24, 2.45) is 5.41 Å². The van der Waals surface area contributed by atoms with Crippen molar-refractivity contribution in [3.8, 4) is 0 Å². The number of anilines is 1. The lowest BCUT2D eigenvalue weighted by molar-refractivity contribution is -0.136. The molecule has 0 spiro atoms. The van der Waals surface area contributed by atoms with Gasteiger partial charge in [-0.05, 0) is 36.5 Å². The maximum Gasteiger partial charge on any atom is 0.313 e. The van der Waals surface area contributed by atoms with Gasteiger partial charge in [0, 0.05) is 12.2 Å². The summed E-state index contributed by atoms with van der Waals surface area (Å²) in [7, 11) is 0. The van der Waals surface area contributed by atoms with Crippen molar-refractivity contribution >= 4 is 17.5 Å². The largest absolute Gasteiger partial charge is 0.391 e. The molecule has 0 heterocycles. The quantitative estimate of drug-likeness (QED) is 0.743. The Morgan fingerprint density at radius 2 is 1.81 bits per heavy atom. The van der Waals surface area contributed by atoms with Crippen LogP contribution in [0.15, 0.2) is 18.2 Å². The van der Waals surface area contributed by atoms with Crippen molar-refractivity contribution in [3.63, 3.8) is 0 Å². The molecule has 0 aliphatic carbocycles. The van der Waals surface area contributed by atoms with Gasteiger partial charge >= 0.3 is 11.8 Å². The van der Waals surface area contributed by atoms with E-state index in [0.29, 0.717) is 5.69 Å². The fourth-order valence-corrected chi connectivity index (χ4v) is 1.63. The van der Waals surface area contributed by atoms with Crippen LogP contribution in [0.3, 0.4) is 0 Å². The highest BCUT2D eigenvalue weighted by Crippen LogP contribution is 2.18. The first-order valence-corrected chi connectivity index (χ1v) is 6.95. The van der Waals surface area contributed by atoms with Gasteiger partial charge < -0.3 is 15.7 Å². The molecule has 2 amide bonds. The van der Waals surface area contributed by atoms with E-state index in [4.69, 9.17) is 0 Å². The van der Waals surface area contributed by atoms with E-state index >= 15 is 0 Å². The number of rotatable bonds is 3. The summed E-state index contributed by atoms with van der Waals surface area (Å²) < 4.78 is 0. The highest BCUT2D eigenvalue weighted by atomic mass is 16.3. The molecule has 0 aromatic heterocycles. The third-order valence-electron chi connectivity index (χ3n) is 3.30. The van der Waals surface area contributed by atoms with E-state index in [1.165, 1.54) is 0 Å². The van der Waals surface area contributed by atoms with Crippen molar-refractivity contribution in [1.82, 2.24) is 5.32 Å². The zero-order valence-electron chi connectivity index (χ0n) is 13.3. The smallest absolute Gasteiger partial charge is 0.313 e. The van der Waals surface area contributed by atoms with E-state index in [1.807, 2.05) is 52.8 Å². The second kappa shape index (κ2) is 6.72. The molecule has 0 bridgehead atoms. The Morgan fingerprint density at radius 1 is 1.19 bits per heavy atom. The maximum atomic E-state index is 11.8. The van der Waals surface area contributed by atoms with Gasteiger partial charge in [0.2, 0.25) is 0 Å². The zero-order valence-corrected chi connectivity index (χ0v) is 13.3. The molecule has 3 N–H and O–H groups in total. The van der Waals surface area contributed by atoms with Crippen LogP contribution in [0.5, 0.6) is 0 Å². The topological polar surface area (TPSA) is 78.4 Å². The summed E-state index contributed by atoms with van der Waals surface area (Å²) in [6.45, 7) is 9.40. The highest BCUT2D eigenvalue weighted by molar-refractivity contribution is 6.39. The number of carbonyl (C=O) groups is 2. The monoisotopic (exact) mass is 292 g/mol. The molecule has 1 aromatic rings. The van der Waals surface area contributed by atoms with Gasteiger partial charge in [-0.2, -0.15) is 0 Å². The van der Waals surface area contributed by atoms with Gasteiger partial charge in [0.1, 0.15) is 0 Å². The van der Waals surface area contributed by atoms with Crippen molar-refractivity contribution in [2.75, 3.05) is 11.9 Å². The average molecular weight is 292 g/mol. The Bertz CT molecular complexity index is 533. The summed E-state index contributed by atoms with van der Waals surface area (Å²) in [6.07, 6.45) is -0.713. The van der Waals surface area contributed by atoms with Crippen LogP contribution in [0, 0.1) is 19.3 Å². The number of aliphatic hydroxyl groups is 1. The summed E-state index contributed by atoms with van der Waals surface area (Å²) in [4.78, 5) is 23.6. The summed E-state index contributed by atoms with van der Waals surface area (Å²) in [6, 6.07) is 5.63. The van der Waals surface area contributed by atoms with E-state index in [1.54, 1.807) is 0 Å². The van der Waals surface area contributed by atoms with Gasteiger partial charge in [-0.3, -0.25) is 9.59 Å². The molecule has 1 aromatic carbocycles. The predicted molar refractivity (Wildman–Crippen MR) is 83.0 cm³/mol. The third kappa shape index (κ3) is 5.19. The fraction of sp³-hybridized carbons (Fsp3) is 0.500. The molecule has 0 aliphatic rings. The Labute approximate surface area is 125 Å². The van der Waals surface area contributed by atoms with Gasteiger partial charge in [0.05, 0.1) is 6.10 Å². The van der Waals surface area contributed by atoms with Crippen LogP contribution in [0.2, 0.25) is 0 Å². The van der Waals surface area contributed by atoms with E-state index in [9.17, 15) is 14.7 Å².